The van der Waals surface area contributed by atoms with Gasteiger partial charge in [-0.25, -0.2) is 0 Å². The average Bonchev–Trinajstić information content (AvgIpc) is 3.24. The van der Waals surface area contributed by atoms with Crippen molar-refractivity contribution in [2.24, 2.45) is 7.05 Å². The zero-order chi connectivity index (χ0) is 17.8. The van der Waals surface area contributed by atoms with E-state index >= 15 is 0 Å². The molecule has 130 valence electrons. The third kappa shape index (κ3) is 4.24. The molecule has 0 aliphatic rings. The molecule has 2 aromatic heterocycles. The van der Waals surface area contributed by atoms with Crippen molar-refractivity contribution in [3.8, 4) is 11.6 Å². The van der Waals surface area contributed by atoms with Gasteiger partial charge in [-0.15, -0.1) is 10.2 Å². The van der Waals surface area contributed by atoms with Crippen LogP contribution in [-0.4, -0.2) is 25.9 Å². The van der Waals surface area contributed by atoms with Crippen LogP contribution in [0.2, 0.25) is 5.02 Å². The molecule has 1 unspecified atom stereocenters. The van der Waals surface area contributed by atoms with Gasteiger partial charge < -0.3 is 14.3 Å². The minimum absolute atomic E-state index is 0.0671. The van der Waals surface area contributed by atoms with E-state index in [-0.39, 0.29) is 11.2 Å². The standard InChI is InChI=1S/C17H17ClN4O2S/c1-11(16(23)19-10-12-5-7-13(18)8-6-12)25-17-21-20-15(22(17)2)14-4-3-9-24-14/h3-9,11H,10H2,1-2H3,(H,19,23). The fourth-order valence-electron chi connectivity index (χ4n) is 2.18. The molecule has 1 N–H and O–H groups in total. The van der Waals surface area contributed by atoms with Gasteiger partial charge in [0.1, 0.15) is 0 Å². The van der Waals surface area contributed by atoms with Crippen molar-refractivity contribution >= 4 is 29.3 Å². The van der Waals surface area contributed by atoms with Crippen molar-refractivity contribution in [3.05, 3.63) is 53.2 Å². The number of rotatable bonds is 6. The molecule has 1 aromatic carbocycles. The summed E-state index contributed by atoms with van der Waals surface area (Å²) in [6, 6.07) is 11.0. The number of benzene rings is 1. The molecule has 0 saturated carbocycles. The van der Waals surface area contributed by atoms with Crippen molar-refractivity contribution < 1.29 is 9.21 Å². The Morgan fingerprint density at radius 2 is 2.08 bits per heavy atom. The van der Waals surface area contributed by atoms with E-state index in [1.807, 2.05) is 36.7 Å². The number of carbonyl (C=O) groups excluding carboxylic acids is 1. The van der Waals surface area contributed by atoms with Crippen molar-refractivity contribution in [1.82, 2.24) is 20.1 Å². The summed E-state index contributed by atoms with van der Waals surface area (Å²) in [6.07, 6.45) is 1.59. The summed E-state index contributed by atoms with van der Waals surface area (Å²) in [5.74, 6) is 1.20. The average molecular weight is 377 g/mol. The number of thioether (sulfide) groups is 1. The van der Waals surface area contributed by atoms with Gasteiger partial charge in [0, 0.05) is 18.6 Å². The predicted octanol–water partition coefficient (Wildman–Crippen LogP) is 3.53. The predicted molar refractivity (Wildman–Crippen MR) is 97.3 cm³/mol. The number of aromatic nitrogens is 3. The first kappa shape index (κ1) is 17.6. The van der Waals surface area contributed by atoms with Crippen molar-refractivity contribution in [1.29, 1.82) is 0 Å². The van der Waals surface area contributed by atoms with Gasteiger partial charge in [0.05, 0.1) is 11.5 Å². The van der Waals surface area contributed by atoms with E-state index in [0.717, 1.165) is 5.56 Å². The van der Waals surface area contributed by atoms with Crippen molar-refractivity contribution in [2.75, 3.05) is 0 Å². The van der Waals surface area contributed by atoms with Gasteiger partial charge in [-0.05, 0) is 36.8 Å². The first-order valence-electron chi connectivity index (χ1n) is 7.66. The minimum atomic E-state index is -0.306. The highest BCUT2D eigenvalue weighted by atomic mass is 35.5. The van der Waals surface area contributed by atoms with E-state index in [9.17, 15) is 4.79 Å². The van der Waals surface area contributed by atoms with Crippen LogP contribution in [0.5, 0.6) is 0 Å². The molecule has 3 aromatic rings. The Labute approximate surface area is 154 Å². The molecule has 25 heavy (non-hydrogen) atoms. The van der Waals surface area contributed by atoms with Gasteiger partial charge >= 0.3 is 0 Å². The van der Waals surface area contributed by atoms with Gasteiger partial charge in [-0.1, -0.05) is 35.5 Å². The SMILES string of the molecule is CC(Sc1nnc(-c2ccco2)n1C)C(=O)NCc1ccc(Cl)cc1. The fourth-order valence-corrected chi connectivity index (χ4v) is 3.15. The van der Waals surface area contributed by atoms with Crippen LogP contribution in [0.15, 0.2) is 52.2 Å². The van der Waals surface area contributed by atoms with Gasteiger partial charge in [0.25, 0.3) is 0 Å². The lowest BCUT2D eigenvalue weighted by molar-refractivity contribution is -0.120. The van der Waals surface area contributed by atoms with Crippen molar-refractivity contribution in [3.63, 3.8) is 0 Å². The Balaban J connectivity index is 1.59. The van der Waals surface area contributed by atoms with Gasteiger partial charge in [-0.3, -0.25) is 4.79 Å². The number of furan rings is 1. The summed E-state index contributed by atoms with van der Waals surface area (Å²) in [6.45, 7) is 2.29. The van der Waals surface area contributed by atoms with E-state index in [0.29, 0.717) is 28.3 Å². The van der Waals surface area contributed by atoms with Gasteiger partial charge in [0.15, 0.2) is 16.7 Å². The van der Waals surface area contributed by atoms with Crippen LogP contribution in [-0.2, 0) is 18.4 Å². The summed E-state index contributed by atoms with van der Waals surface area (Å²) >= 11 is 7.20. The Bertz CT molecular complexity index is 846. The third-order valence-corrected chi connectivity index (χ3v) is 4.99. The van der Waals surface area contributed by atoms with E-state index in [1.165, 1.54) is 11.8 Å². The molecular formula is C17H17ClN4O2S. The molecule has 0 radical (unpaired) electrons. The summed E-state index contributed by atoms with van der Waals surface area (Å²) in [5, 5.41) is 12.2. The quantitative estimate of drug-likeness (QED) is 0.666. The monoisotopic (exact) mass is 376 g/mol. The first-order valence-corrected chi connectivity index (χ1v) is 8.92. The summed E-state index contributed by atoms with van der Waals surface area (Å²) < 4.78 is 7.15. The Hall–Kier alpha value is -2.25. The molecule has 0 saturated heterocycles. The highest BCUT2D eigenvalue weighted by Crippen LogP contribution is 2.25. The smallest absolute Gasteiger partial charge is 0.233 e. The zero-order valence-electron chi connectivity index (χ0n) is 13.8. The van der Waals surface area contributed by atoms with Gasteiger partial charge in [-0.2, -0.15) is 0 Å². The summed E-state index contributed by atoms with van der Waals surface area (Å²) in [4.78, 5) is 12.3. The molecule has 1 amide bonds. The van der Waals surface area contributed by atoms with E-state index in [2.05, 4.69) is 15.5 Å². The number of hydrogen-bond donors (Lipinski definition) is 1. The molecule has 3 rings (SSSR count). The molecule has 6 nitrogen and oxygen atoms in total. The number of nitrogens with one attached hydrogen (secondary N) is 1. The van der Waals surface area contributed by atoms with Crippen LogP contribution >= 0.6 is 23.4 Å². The second-order valence-electron chi connectivity index (χ2n) is 5.45. The largest absolute Gasteiger partial charge is 0.461 e. The molecule has 1 atom stereocenters. The molecule has 0 bridgehead atoms. The van der Waals surface area contributed by atoms with Crippen LogP contribution in [0.4, 0.5) is 0 Å². The second-order valence-corrected chi connectivity index (χ2v) is 7.19. The Kier molecular flexibility index (Phi) is 5.45. The number of hydrogen-bond acceptors (Lipinski definition) is 5. The molecule has 0 aliphatic heterocycles. The van der Waals surface area contributed by atoms with Crippen LogP contribution in [0, 0.1) is 0 Å². The summed E-state index contributed by atoms with van der Waals surface area (Å²) in [7, 11) is 1.85. The third-order valence-electron chi connectivity index (χ3n) is 3.61. The maximum Gasteiger partial charge on any atom is 0.233 e. The highest BCUT2D eigenvalue weighted by molar-refractivity contribution is 8.00. The lowest BCUT2D eigenvalue weighted by Gasteiger charge is -2.11. The number of halogens is 1. The van der Waals surface area contributed by atoms with E-state index < -0.39 is 0 Å². The molecular weight excluding hydrogens is 360 g/mol. The number of amides is 1. The summed E-state index contributed by atoms with van der Waals surface area (Å²) in [5.41, 5.74) is 0.994. The van der Waals surface area contributed by atoms with E-state index in [4.69, 9.17) is 16.0 Å². The molecule has 0 fully saturated rings. The minimum Gasteiger partial charge on any atom is -0.461 e. The van der Waals surface area contributed by atoms with Crippen molar-refractivity contribution in [2.45, 2.75) is 23.9 Å². The topological polar surface area (TPSA) is 73.0 Å². The maximum atomic E-state index is 12.3. The number of carbonyl (C=O) groups is 1. The van der Waals surface area contributed by atoms with Crippen LogP contribution in [0.1, 0.15) is 12.5 Å². The lowest BCUT2D eigenvalue weighted by Crippen LogP contribution is -2.30. The fraction of sp³-hybridized carbons (Fsp3) is 0.235. The molecule has 2 heterocycles. The highest BCUT2D eigenvalue weighted by Gasteiger charge is 2.19. The maximum absolute atomic E-state index is 12.3. The Morgan fingerprint density at radius 1 is 1.32 bits per heavy atom. The molecule has 0 spiro atoms. The first-order chi connectivity index (χ1) is 12.0. The normalized spacial score (nSPS) is 12.1. The van der Waals surface area contributed by atoms with Crippen LogP contribution in [0.3, 0.4) is 0 Å². The zero-order valence-corrected chi connectivity index (χ0v) is 15.3. The Morgan fingerprint density at radius 3 is 2.76 bits per heavy atom. The number of nitrogens with zero attached hydrogens (tertiary/aromatic N) is 3. The lowest BCUT2D eigenvalue weighted by atomic mass is 10.2. The van der Waals surface area contributed by atoms with E-state index in [1.54, 1.807) is 24.5 Å². The van der Waals surface area contributed by atoms with Gasteiger partial charge in [0.2, 0.25) is 5.91 Å². The van der Waals surface area contributed by atoms with Crippen LogP contribution < -0.4 is 5.32 Å². The second kappa shape index (κ2) is 7.76. The molecule has 8 heteroatoms. The van der Waals surface area contributed by atoms with Crippen LogP contribution in [0.25, 0.3) is 11.6 Å². The molecule has 0 aliphatic carbocycles.